The largest absolute Gasteiger partial charge is 0.288 e. The molecule has 6 heteroatoms. The molecule has 0 aliphatic heterocycles. The Morgan fingerprint density at radius 2 is 0.417 bits per heavy atom. The van der Waals surface area contributed by atoms with Gasteiger partial charge in [-0.25, -0.2) is 0 Å². The number of benzene rings is 6. The Kier molecular flexibility index (Phi) is 8.46. The predicted octanol–water partition coefficient (Wildman–Crippen LogP) is 4.61. The number of rotatable bonds is 6. The highest BCUT2D eigenvalue weighted by Gasteiger charge is 2.51. The highest BCUT2D eigenvalue weighted by atomic mass is 31.2. The Morgan fingerprint density at radius 1 is 0.229 bits per heavy atom. The van der Waals surface area contributed by atoms with Crippen LogP contribution in [0.1, 0.15) is 0 Å². The van der Waals surface area contributed by atoms with E-state index in [2.05, 4.69) is 0 Å². The summed E-state index contributed by atoms with van der Waals surface area (Å²) in [6.45, 7) is -6.69. The lowest BCUT2D eigenvalue weighted by molar-refractivity contribution is -0.139. The molecule has 0 amide bonds. The molecular weight excluding hydrogens is 630 g/mol. The van der Waals surface area contributed by atoms with E-state index < -0.39 is 36.9 Å². The van der Waals surface area contributed by atoms with Gasteiger partial charge in [-0.1, -0.05) is 182 Å². The van der Waals surface area contributed by atoms with E-state index in [1.165, 1.54) is 0 Å². The molecule has 0 spiro atoms. The molecule has 0 radical (unpaired) electrons. The lowest BCUT2D eigenvalue weighted by Gasteiger charge is -2.36. The molecule has 0 atom stereocenters. The normalized spacial score (nSPS) is 13.9. The average molecular weight is 661 g/mol. The van der Waals surface area contributed by atoms with Gasteiger partial charge in [-0.15, -0.1) is 0 Å². The molecule has 0 saturated heterocycles. The van der Waals surface area contributed by atoms with Crippen LogP contribution >= 0.6 is 13.8 Å². The van der Waals surface area contributed by atoms with Crippen molar-refractivity contribution in [2.75, 3.05) is 0 Å². The molecule has 0 heterocycles. The molecule has 0 bridgehead atoms. The minimum Gasteiger partial charge on any atom is -0.288 e. The van der Waals surface area contributed by atoms with E-state index in [0.29, 0.717) is 0 Å². The molecule has 1 aliphatic carbocycles. The van der Waals surface area contributed by atoms with Gasteiger partial charge in [0.1, 0.15) is 0 Å². The number of Topliss-reactive ketones (excluding diaryl/α,β-unsaturated/α-hetero) is 4. The van der Waals surface area contributed by atoms with E-state index >= 15 is 4.79 Å². The molecule has 0 N–H and O–H groups in total. The number of ketones is 4. The fourth-order valence-corrected chi connectivity index (χ4v) is 15.6. The summed E-state index contributed by atoms with van der Waals surface area (Å²) in [5.74, 6) is -3.92. The second kappa shape index (κ2) is 13.0. The lowest BCUT2D eigenvalue weighted by Crippen LogP contribution is -2.54. The number of hydrogen-bond donors (Lipinski definition) is 0. The van der Waals surface area contributed by atoms with Crippen molar-refractivity contribution < 1.29 is 19.2 Å². The number of carbonyl (C=O) groups excluding carboxylic acids is 4. The predicted molar refractivity (Wildman–Crippen MR) is 200 cm³/mol. The van der Waals surface area contributed by atoms with Crippen LogP contribution in [-0.4, -0.2) is 33.7 Å². The molecule has 232 valence electrons. The van der Waals surface area contributed by atoms with Crippen molar-refractivity contribution in [3.63, 3.8) is 0 Å². The second-order valence-electron chi connectivity index (χ2n) is 11.4. The van der Waals surface area contributed by atoms with Crippen molar-refractivity contribution in [2.45, 2.75) is 0 Å². The standard InChI is InChI=1S/C42H30O4P2/c43-37-38(44)41(47(31-19-7-1-8-20-31,32-21-9-2-10-22-32)33-23-11-3-12-24-33)40(46)42(39(37)45)48(34-25-13-4-14-26-34,35-27-15-5-16-28-35)36-29-17-6-18-30-36/h1-30H. The van der Waals surface area contributed by atoms with Crippen LogP contribution in [-0.2, 0) is 19.2 Å². The van der Waals surface area contributed by atoms with Crippen molar-refractivity contribution in [1.29, 1.82) is 0 Å². The minimum absolute atomic E-state index is 0.141. The smallest absolute Gasteiger partial charge is 0.274 e. The molecule has 48 heavy (non-hydrogen) atoms. The third kappa shape index (κ3) is 4.85. The average Bonchev–Trinajstić information content (AvgIpc) is 3.16. The maximum absolute atomic E-state index is 15.8. The lowest BCUT2D eigenvalue weighted by atomic mass is 9.95. The zero-order valence-corrected chi connectivity index (χ0v) is 27.6. The first-order chi connectivity index (χ1) is 23.5. The highest BCUT2D eigenvalue weighted by molar-refractivity contribution is 8.01. The molecule has 1 fully saturated rings. The van der Waals surface area contributed by atoms with Gasteiger partial charge in [-0.2, -0.15) is 0 Å². The Labute approximate surface area is 279 Å². The maximum atomic E-state index is 15.8. The van der Waals surface area contributed by atoms with E-state index in [9.17, 15) is 14.4 Å². The van der Waals surface area contributed by atoms with Crippen molar-refractivity contribution in [3.05, 3.63) is 182 Å². The van der Waals surface area contributed by atoms with Gasteiger partial charge >= 0.3 is 0 Å². The van der Waals surface area contributed by atoms with Crippen LogP contribution in [0.5, 0.6) is 0 Å². The first-order valence-electron chi connectivity index (χ1n) is 15.6. The van der Waals surface area contributed by atoms with E-state index in [4.69, 9.17) is 0 Å². The molecule has 1 saturated carbocycles. The summed E-state index contributed by atoms with van der Waals surface area (Å²) in [6.07, 6.45) is 0. The fourth-order valence-electron chi connectivity index (χ4n) is 6.82. The summed E-state index contributed by atoms with van der Waals surface area (Å²) in [7, 11) is 0. The van der Waals surface area contributed by atoms with Crippen molar-refractivity contribution in [2.24, 2.45) is 0 Å². The van der Waals surface area contributed by atoms with Crippen molar-refractivity contribution in [1.82, 2.24) is 0 Å². The third-order valence-corrected chi connectivity index (χ3v) is 17.4. The molecule has 7 rings (SSSR count). The van der Waals surface area contributed by atoms with E-state index in [0.717, 1.165) is 31.8 Å². The van der Waals surface area contributed by atoms with Gasteiger partial charge in [0.15, 0.2) is 0 Å². The number of hydrogen-bond acceptors (Lipinski definition) is 4. The summed E-state index contributed by atoms with van der Waals surface area (Å²) in [5, 5.41) is 4.16. The first-order valence-corrected chi connectivity index (χ1v) is 19.1. The zero-order valence-electron chi connectivity index (χ0n) is 25.8. The molecular formula is C42H30O4P2. The maximum Gasteiger partial charge on any atom is 0.274 e. The van der Waals surface area contributed by atoms with Gasteiger partial charge in [0.05, 0.1) is 10.6 Å². The van der Waals surface area contributed by atoms with Gasteiger partial charge in [0, 0.05) is 0 Å². The van der Waals surface area contributed by atoms with Crippen LogP contribution < -0.4 is 31.8 Å². The highest BCUT2D eigenvalue weighted by Crippen LogP contribution is 2.51. The van der Waals surface area contributed by atoms with Gasteiger partial charge in [-0.3, -0.25) is 19.2 Å². The Bertz CT molecular complexity index is 1910. The van der Waals surface area contributed by atoms with E-state index in [-0.39, 0.29) is 10.6 Å². The molecule has 4 nitrogen and oxygen atoms in total. The van der Waals surface area contributed by atoms with Crippen LogP contribution in [0.15, 0.2) is 182 Å². The van der Waals surface area contributed by atoms with Crippen LogP contribution in [0.4, 0.5) is 0 Å². The zero-order chi connectivity index (χ0) is 33.1. The molecule has 1 aliphatic rings. The Balaban J connectivity index is 1.79. The van der Waals surface area contributed by atoms with Crippen LogP contribution in [0.3, 0.4) is 0 Å². The fraction of sp³-hybridized carbons (Fsp3) is 0. The third-order valence-electron chi connectivity index (χ3n) is 8.80. The first kappa shape index (κ1) is 31.2. The van der Waals surface area contributed by atoms with Gasteiger partial charge in [-0.05, 0) is 45.6 Å². The van der Waals surface area contributed by atoms with Crippen LogP contribution in [0.2, 0.25) is 0 Å². The summed E-state index contributed by atoms with van der Waals surface area (Å²) >= 11 is 0. The van der Waals surface area contributed by atoms with E-state index in [1.54, 1.807) is 0 Å². The summed E-state index contributed by atoms with van der Waals surface area (Å²) in [5.41, 5.74) is 0. The van der Waals surface area contributed by atoms with Gasteiger partial charge in [0.25, 0.3) is 5.78 Å². The Hall–Kier alpha value is -5.40. The summed E-state index contributed by atoms with van der Waals surface area (Å²) in [6, 6.07) is 56.8. The Morgan fingerprint density at radius 3 is 0.604 bits per heavy atom. The van der Waals surface area contributed by atoms with E-state index in [1.807, 2.05) is 182 Å². The molecule has 0 aromatic heterocycles. The second-order valence-corrected chi connectivity index (χ2v) is 18.0. The molecule has 6 aromatic carbocycles. The van der Waals surface area contributed by atoms with Gasteiger partial charge < -0.3 is 0 Å². The number of carbonyl (C=O) groups is 4. The monoisotopic (exact) mass is 660 g/mol. The van der Waals surface area contributed by atoms with Crippen molar-refractivity contribution in [3.8, 4) is 0 Å². The van der Waals surface area contributed by atoms with Crippen LogP contribution in [0.25, 0.3) is 0 Å². The molecule has 6 aromatic rings. The van der Waals surface area contributed by atoms with Crippen molar-refractivity contribution >= 4 is 79.3 Å². The topological polar surface area (TPSA) is 68.3 Å². The quantitative estimate of drug-likeness (QED) is 0.194. The molecule has 0 unspecified atom stereocenters. The SMILES string of the molecule is O=C1C(=O)C(=P(c2ccccc2)(c2ccccc2)c2ccccc2)C(=O)C(=P(c2ccccc2)(c2ccccc2)c2ccccc2)C1=O. The van der Waals surface area contributed by atoms with Crippen LogP contribution in [0, 0.1) is 0 Å². The minimum atomic E-state index is -3.34. The summed E-state index contributed by atoms with van der Waals surface area (Å²) in [4.78, 5) is 59.3. The summed E-state index contributed by atoms with van der Waals surface area (Å²) < 4.78 is 0. The van der Waals surface area contributed by atoms with Gasteiger partial charge in [0.2, 0.25) is 17.3 Å².